The zero-order valence-electron chi connectivity index (χ0n) is 22.1. The number of rotatable bonds is 7. The van der Waals surface area contributed by atoms with E-state index in [0.29, 0.717) is 40.8 Å². The van der Waals surface area contributed by atoms with E-state index in [1.54, 1.807) is 24.3 Å². The molecule has 1 unspecified atom stereocenters. The Bertz CT molecular complexity index is 1630. The normalized spacial score (nSPS) is 18.1. The first-order valence-electron chi connectivity index (χ1n) is 12.8. The van der Waals surface area contributed by atoms with Crippen LogP contribution in [0, 0.1) is 5.82 Å². The van der Waals surface area contributed by atoms with Crippen molar-refractivity contribution in [1.82, 2.24) is 15.3 Å². The van der Waals surface area contributed by atoms with Crippen LogP contribution < -0.4 is 10.2 Å². The zero-order valence-corrected chi connectivity index (χ0v) is 23.7. The van der Waals surface area contributed by atoms with Gasteiger partial charge in [0.2, 0.25) is 0 Å². The summed E-state index contributed by atoms with van der Waals surface area (Å²) in [6.07, 6.45) is 1.61. The summed E-state index contributed by atoms with van der Waals surface area (Å²) in [5.41, 5.74) is 1.15. The van der Waals surface area contributed by atoms with Gasteiger partial charge >= 0.3 is 5.76 Å². The van der Waals surface area contributed by atoms with E-state index < -0.39 is 28.3 Å². The minimum Gasteiger partial charge on any atom is -0.372 e. The number of carbonyl (C=O) groups is 1. The van der Waals surface area contributed by atoms with E-state index in [4.69, 9.17) is 21.3 Å². The Morgan fingerprint density at radius 3 is 2.63 bits per heavy atom. The summed E-state index contributed by atoms with van der Waals surface area (Å²) < 4.78 is 59.2. The molecule has 214 valence electrons. The molecule has 0 bridgehead atoms. The van der Waals surface area contributed by atoms with E-state index in [1.807, 2.05) is 26.0 Å². The van der Waals surface area contributed by atoms with Crippen molar-refractivity contribution >= 4 is 44.9 Å². The van der Waals surface area contributed by atoms with Gasteiger partial charge in [0.25, 0.3) is 5.91 Å². The molecule has 3 atom stereocenters. The molecule has 12 heteroatoms. The van der Waals surface area contributed by atoms with Crippen LogP contribution in [-0.2, 0) is 22.1 Å². The summed E-state index contributed by atoms with van der Waals surface area (Å²) in [7, 11) is -2.62. The van der Waals surface area contributed by atoms with Gasteiger partial charge in [-0.2, -0.15) is 8.78 Å². The van der Waals surface area contributed by atoms with Crippen LogP contribution in [0.2, 0.25) is 5.02 Å². The molecule has 0 radical (unpaired) electrons. The molecule has 1 fully saturated rings. The van der Waals surface area contributed by atoms with Gasteiger partial charge in [0.15, 0.2) is 0 Å². The number of hydrogen-bond donors (Lipinski definition) is 1. The second kappa shape index (κ2) is 12.1. The van der Waals surface area contributed by atoms with Crippen molar-refractivity contribution in [2.75, 3.05) is 18.0 Å². The van der Waals surface area contributed by atoms with Crippen LogP contribution in [0.4, 0.5) is 19.0 Å². The highest BCUT2D eigenvalue weighted by Gasteiger charge is 2.24. The van der Waals surface area contributed by atoms with E-state index >= 15 is 4.39 Å². The topological polar surface area (TPSA) is 84.4 Å². The Balaban J connectivity index is 1.37. The van der Waals surface area contributed by atoms with Crippen molar-refractivity contribution < 1.29 is 26.9 Å². The fourth-order valence-electron chi connectivity index (χ4n) is 4.82. The number of carbonyl (C=O) groups excluding carboxylic acids is 1. The van der Waals surface area contributed by atoms with Gasteiger partial charge in [-0.05, 0) is 56.3 Å². The molecule has 0 spiro atoms. The summed E-state index contributed by atoms with van der Waals surface area (Å²) >= 11 is 5.95. The monoisotopic (exact) mass is 602 g/mol. The first kappa shape index (κ1) is 29.0. The number of ether oxygens (including phenoxy) is 1. The third-order valence-electron chi connectivity index (χ3n) is 6.61. The van der Waals surface area contributed by atoms with Crippen LogP contribution >= 0.6 is 11.6 Å². The molecule has 3 heterocycles. The molecule has 1 saturated heterocycles. The van der Waals surface area contributed by atoms with Gasteiger partial charge in [-0.3, -0.25) is 9.78 Å². The average Bonchev–Trinajstić information content (AvgIpc) is 2.95. The highest BCUT2D eigenvalue weighted by Crippen LogP contribution is 2.30. The maximum absolute atomic E-state index is 15.8. The molecule has 2 aromatic heterocycles. The molecule has 41 heavy (non-hydrogen) atoms. The van der Waals surface area contributed by atoms with E-state index in [0.717, 1.165) is 18.0 Å². The van der Waals surface area contributed by atoms with E-state index in [-0.39, 0.29) is 34.2 Å². The zero-order chi connectivity index (χ0) is 29.3. The number of pyridine rings is 2. The first-order valence-corrected chi connectivity index (χ1v) is 14.4. The van der Waals surface area contributed by atoms with Crippen LogP contribution in [0.1, 0.15) is 29.9 Å². The number of hydrogen-bond acceptors (Lipinski definition) is 6. The average molecular weight is 603 g/mol. The van der Waals surface area contributed by atoms with Crippen LogP contribution in [0.5, 0.6) is 0 Å². The largest absolute Gasteiger partial charge is 0.372 e. The fraction of sp³-hybridized carbons (Fsp3) is 0.276. The highest BCUT2D eigenvalue weighted by atomic mass is 35.5. The quantitative estimate of drug-likeness (QED) is 0.281. The van der Waals surface area contributed by atoms with Crippen LogP contribution in [0.15, 0.2) is 65.7 Å². The number of morpholine rings is 1. The molecule has 5 rings (SSSR count). The SMILES string of the molecule is C[C@@H]1CN(c2cccc(-c3ccc4cnc(CNC(=O)c5cc(Cl)cc(S(=O)C(F)F)c5)cc4c3F)n2)C[C@H](C)O1. The standard InChI is InChI=1S/C29H26ClF3N4O3S/c1-16-14-37(15-17(2)40-16)26-5-3-4-25(36-26)23-7-6-18-12-34-21(11-24(18)27(23)31)13-35-28(38)19-8-20(30)10-22(9-19)41(39)29(32)33/h3-12,16-17,29H,13-15H2,1-2H3,(H,35,38)/t16-,17+,41?. The fourth-order valence-corrected chi connectivity index (χ4v) is 5.81. The summed E-state index contributed by atoms with van der Waals surface area (Å²) in [6, 6.07) is 14.0. The Labute approximate surface area is 242 Å². The lowest BCUT2D eigenvalue weighted by Crippen LogP contribution is -2.45. The summed E-state index contributed by atoms with van der Waals surface area (Å²) in [5.74, 6) is -3.48. The van der Waals surface area contributed by atoms with Crippen LogP contribution in [0.3, 0.4) is 0 Å². The number of nitrogens with one attached hydrogen (secondary N) is 1. The van der Waals surface area contributed by atoms with Gasteiger partial charge in [0.05, 0.1) is 30.1 Å². The molecule has 1 aliphatic heterocycles. The molecule has 0 aliphatic carbocycles. The first-order chi connectivity index (χ1) is 19.6. The Hall–Kier alpha value is -3.54. The third kappa shape index (κ3) is 6.52. The van der Waals surface area contributed by atoms with Crippen molar-refractivity contribution in [2.45, 2.75) is 43.3 Å². The number of halogens is 4. The summed E-state index contributed by atoms with van der Waals surface area (Å²) in [6.45, 7) is 5.31. The van der Waals surface area contributed by atoms with E-state index in [2.05, 4.69) is 15.2 Å². The summed E-state index contributed by atoms with van der Waals surface area (Å²) in [4.78, 5) is 23.6. The minimum absolute atomic E-state index is 0.00426. The maximum atomic E-state index is 15.8. The number of anilines is 1. The van der Waals surface area contributed by atoms with Crippen molar-refractivity contribution in [3.05, 3.63) is 82.9 Å². The molecule has 4 aromatic rings. The summed E-state index contributed by atoms with van der Waals surface area (Å²) in [5, 5.41) is 3.49. The van der Waals surface area contributed by atoms with Gasteiger partial charge in [-0.1, -0.05) is 23.7 Å². The number of alkyl halides is 2. The van der Waals surface area contributed by atoms with Gasteiger partial charge < -0.3 is 15.0 Å². The van der Waals surface area contributed by atoms with Gasteiger partial charge in [-0.15, -0.1) is 0 Å². The van der Waals surface area contributed by atoms with Crippen molar-refractivity contribution in [3.8, 4) is 11.3 Å². The maximum Gasteiger partial charge on any atom is 0.316 e. The van der Waals surface area contributed by atoms with Gasteiger partial charge in [0, 0.05) is 51.1 Å². The highest BCUT2D eigenvalue weighted by molar-refractivity contribution is 7.85. The Kier molecular flexibility index (Phi) is 8.58. The molecular formula is C29H26ClF3N4O3S. The second-order valence-electron chi connectivity index (χ2n) is 9.78. The third-order valence-corrected chi connectivity index (χ3v) is 7.85. The lowest BCUT2D eigenvalue weighted by Gasteiger charge is -2.36. The molecule has 1 aliphatic rings. The van der Waals surface area contributed by atoms with Crippen molar-refractivity contribution in [1.29, 1.82) is 0 Å². The van der Waals surface area contributed by atoms with E-state index in [1.165, 1.54) is 12.3 Å². The molecular weight excluding hydrogens is 577 g/mol. The Morgan fingerprint density at radius 1 is 1.15 bits per heavy atom. The number of aromatic nitrogens is 2. The van der Waals surface area contributed by atoms with E-state index in [9.17, 15) is 17.8 Å². The minimum atomic E-state index is -3.12. The lowest BCUT2D eigenvalue weighted by molar-refractivity contribution is -0.00545. The second-order valence-corrected chi connectivity index (χ2v) is 11.6. The molecule has 1 amide bonds. The lowest BCUT2D eigenvalue weighted by atomic mass is 10.0. The van der Waals surface area contributed by atoms with Gasteiger partial charge in [0.1, 0.15) is 22.4 Å². The van der Waals surface area contributed by atoms with Crippen LogP contribution in [-0.4, -0.2) is 51.1 Å². The number of fused-ring (bicyclic) bond motifs is 1. The van der Waals surface area contributed by atoms with Crippen LogP contribution in [0.25, 0.3) is 22.0 Å². The number of benzene rings is 2. The van der Waals surface area contributed by atoms with Crippen molar-refractivity contribution in [2.24, 2.45) is 0 Å². The number of nitrogens with zero attached hydrogens (tertiary/aromatic N) is 3. The molecule has 7 nitrogen and oxygen atoms in total. The smallest absolute Gasteiger partial charge is 0.316 e. The number of amides is 1. The Morgan fingerprint density at radius 2 is 1.90 bits per heavy atom. The molecule has 0 saturated carbocycles. The van der Waals surface area contributed by atoms with Crippen molar-refractivity contribution in [3.63, 3.8) is 0 Å². The predicted octanol–water partition coefficient (Wildman–Crippen LogP) is 5.96. The molecule has 2 aromatic carbocycles. The molecule has 1 N–H and O–H groups in total. The van der Waals surface area contributed by atoms with Gasteiger partial charge in [-0.25, -0.2) is 13.6 Å². The predicted molar refractivity (Wildman–Crippen MR) is 152 cm³/mol.